The number of urea groups is 1. The Morgan fingerprint density at radius 1 is 1.43 bits per heavy atom. The highest BCUT2D eigenvalue weighted by Gasteiger charge is 2.21. The third-order valence-electron chi connectivity index (χ3n) is 2.76. The lowest BCUT2D eigenvalue weighted by Crippen LogP contribution is -2.45. The van der Waals surface area contributed by atoms with Gasteiger partial charge in [0.05, 0.1) is 22.3 Å². The van der Waals surface area contributed by atoms with Crippen LogP contribution in [0.25, 0.3) is 0 Å². The van der Waals surface area contributed by atoms with Crippen molar-refractivity contribution in [3.05, 3.63) is 28.8 Å². The molecule has 0 fully saturated rings. The summed E-state index contributed by atoms with van der Waals surface area (Å²) < 4.78 is 0. The predicted octanol–water partition coefficient (Wildman–Crippen LogP) is 2.98. The SMILES string of the molecule is CC(C)(CCC(=O)O)NC(=O)Nc1cc(C#N)ccc1Cl. The van der Waals surface area contributed by atoms with Crippen LogP contribution >= 0.6 is 11.6 Å². The molecule has 0 spiro atoms. The van der Waals surface area contributed by atoms with Crippen molar-refractivity contribution in [3.63, 3.8) is 0 Å². The lowest BCUT2D eigenvalue weighted by Gasteiger charge is -2.25. The molecule has 0 atom stereocenters. The molecular weight excluding hydrogens is 294 g/mol. The smallest absolute Gasteiger partial charge is 0.319 e. The van der Waals surface area contributed by atoms with Crippen molar-refractivity contribution in [2.75, 3.05) is 5.32 Å². The molecule has 0 radical (unpaired) electrons. The summed E-state index contributed by atoms with van der Waals surface area (Å²) >= 11 is 5.94. The second-order valence-corrected chi connectivity index (χ2v) is 5.57. The Morgan fingerprint density at radius 3 is 2.67 bits per heavy atom. The van der Waals surface area contributed by atoms with Crippen LogP contribution in [0.5, 0.6) is 0 Å². The number of carbonyl (C=O) groups excluding carboxylic acids is 1. The van der Waals surface area contributed by atoms with Crippen molar-refractivity contribution in [1.29, 1.82) is 5.26 Å². The molecule has 0 saturated carbocycles. The Hall–Kier alpha value is -2.26. The highest BCUT2D eigenvalue weighted by atomic mass is 35.5. The molecule has 0 bridgehead atoms. The van der Waals surface area contributed by atoms with Gasteiger partial charge in [-0.2, -0.15) is 5.26 Å². The number of nitrogens with zero attached hydrogens (tertiary/aromatic N) is 1. The molecule has 0 unspecified atom stereocenters. The summed E-state index contributed by atoms with van der Waals surface area (Å²) in [7, 11) is 0. The first-order valence-corrected chi connectivity index (χ1v) is 6.62. The minimum atomic E-state index is -0.921. The van der Waals surface area contributed by atoms with Gasteiger partial charge in [-0.25, -0.2) is 4.79 Å². The molecule has 1 rings (SSSR count). The number of amides is 2. The molecule has 112 valence electrons. The number of hydrogen-bond donors (Lipinski definition) is 3. The van der Waals surface area contributed by atoms with Crippen molar-refractivity contribution < 1.29 is 14.7 Å². The first-order valence-electron chi connectivity index (χ1n) is 6.24. The topological polar surface area (TPSA) is 102 Å². The number of aliphatic carboxylic acids is 1. The van der Waals surface area contributed by atoms with Crippen LogP contribution in [0.2, 0.25) is 5.02 Å². The lowest BCUT2D eigenvalue weighted by molar-refractivity contribution is -0.137. The van der Waals surface area contributed by atoms with Crippen LogP contribution in [0.1, 0.15) is 32.3 Å². The summed E-state index contributed by atoms with van der Waals surface area (Å²) in [6, 6.07) is 5.97. The third kappa shape index (κ3) is 5.71. The van der Waals surface area contributed by atoms with Crippen molar-refractivity contribution >= 4 is 29.3 Å². The van der Waals surface area contributed by atoms with Crippen LogP contribution in [0.3, 0.4) is 0 Å². The minimum absolute atomic E-state index is 0.0437. The van der Waals surface area contributed by atoms with Gasteiger partial charge in [0, 0.05) is 12.0 Å². The Kier molecular flexibility index (Phi) is 5.56. The fourth-order valence-corrected chi connectivity index (χ4v) is 1.80. The molecule has 3 N–H and O–H groups in total. The zero-order valence-corrected chi connectivity index (χ0v) is 12.5. The van der Waals surface area contributed by atoms with Gasteiger partial charge in [0.25, 0.3) is 0 Å². The number of rotatable bonds is 5. The van der Waals surface area contributed by atoms with Gasteiger partial charge in [-0.1, -0.05) is 11.6 Å². The summed E-state index contributed by atoms with van der Waals surface area (Å²) in [4.78, 5) is 22.5. The molecule has 0 saturated heterocycles. The summed E-state index contributed by atoms with van der Waals surface area (Å²) in [6.07, 6.45) is 0.250. The van der Waals surface area contributed by atoms with Gasteiger partial charge < -0.3 is 15.7 Å². The van der Waals surface area contributed by atoms with Crippen LogP contribution < -0.4 is 10.6 Å². The molecular formula is C14H16ClN3O3. The quantitative estimate of drug-likeness (QED) is 0.778. The fraction of sp³-hybridized carbons (Fsp3) is 0.357. The van der Waals surface area contributed by atoms with E-state index in [1.807, 2.05) is 6.07 Å². The van der Waals surface area contributed by atoms with Crippen LogP contribution in [-0.2, 0) is 4.79 Å². The molecule has 21 heavy (non-hydrogen) atoms. The maximum atomic E-state index is 11.9. The molecule has 0 aliphatic carbocycles. The number of nitrogens with one attached hydrogen (secondary N) is 2. The monoisotopic (exact) mass is 309 g/mol. The van der Waals surface area contributed by atoms with Crippen LogP contribution in [-0.4, -0.2) is 22.6 Å². The summed E-state index contributed by atoms with van der Waals surface area (Å²) in [5.41, 5.74) is 0.0176. The molecule has 1 aromatic carbocycles. The molecule has 0 heterocycles. The number of carboxylic acid groups (broad SMARTS) is 1. The second kappa shape index (κ2) is 6.95. The van der Waals surface area contributed by atoms with Gasteiger partial charge in [0.1, 0.15) is 0 Å². The number of carbonyl (C=O) groups is 2. The Balaban J connectivity index is 2.69. The normalized spacial score (nSPS) is 10.6. The molecule has 0 aliphatic heterocycles. The van der Waals surface area contributed by atoms with E-state index in [-0.39, 0.29) is 6.42 Å². The highest BCUT2D eigenvalue weighted by Crippen LogP contribution is 2.23. The van der Waals surface area contributed by atoms with E-state index in [4.69, 9.17) is 22.0 Å². The lowest BCUT2D eigenvalue weighted by atomic mass is 9.99. The van der Waals surface area contributed by atoms with E-state index in [0.717, 1.165) is 0 Å². The van der Waals surface area contributed by atoms with Crippen molar-refractivity contribution in [2.24, 2.45) is 0 Å². The number of nitriles is 1. The van der Waals surface area contributed by atoms with E-state index < -0.39 is 17.5 Å². The average molecular weight is 310 g/mol. The Labute approximate surface area is 127 Å². The highest BCUT2D eigenvalue weighted by molar-refractivity contribution is 6.33. The van der Waals surface area contributed by atoms with Gasteiger partial charge in [-0.15, -0.1) is 0 Å². The molecule has 7 heteroatoms. The predicted molar refractivity (Wildman–Crippen MR) is 79.3 cm³/mol. The summed E-state index contributed by atoms with van der Waals surface area (Å²) in [5.74, 6) is -0.921. The van der Waals surface area contributed by atoms with Gasteiger partial charge in [-0.05, 0) is 38.5 Å². The van der Waals surface area contributed by atoms with E-state index in [2.05, 4.69) is 10.6 Å². The first kappa shape index (κ1) is 16.8. The van der Waals surface area contributed by atoms with Gasteiger partial charge >= 0.3 is 12.0 Å². The standard InChI is InChI=1S/C14H16ClN3O3/c1-14(2,6-5-12(19)20)18-13(21)17-11-7-9(8-16)3-4-10(11)15/h3-4,7H,5-6H2,1-2H3,(H,19,20)(H2,17,18,21). The van der Waals surface area contributed by atoms with Crippen molar-refractivity contribution in [2.45, 2.75) is 32.2 Å². The van der Waals surface area contributed by atoms with Gasteiger partial charge in [0.15, 0.2) is 0 Å². The molecule has 1 aromatic rings. The summed E-state index contributed by atoms with van der Waals surface area (Å²) in [6.45, 7) is 3.45. The minimum Gasteiger partial charge on any atom is -0.481 e. The fourth-order valence-electron chi connectivity index (χ4n) is 1.63. The first-order chi connectivity index (χ1) is 9.73. The number of anilines is 1. The molecule has 6 nitrogen and oxygen atoms in total. The molecule has 0 aromatic heterocycles. The third-order valence-corrected chi connectivity index (χ3v) is 3.09. The second-order valence-electron chi connectivity index (χ2n) is 5.16. The zero-order valence-electron chi connectivity index (χ0n) is 11.7. The van der Waals surface area contributed by atoms with Crippen molar-refractivity contribution in [1.82, 2.24) is 5.32 Å². The average Bonchev–Trinajstić information content (AvgIpc) is 2.38. The maximum Gasteiger partial charge on any atom is 0.319 e. The Morgan fingerprint density at radius 2 is 2.10 bits per heavy atom. The van der Waals surface area contributed by atoms with Crippen LogP contribution in [0.4, 0.5) is 10.5 Å². The zero-order chi connectivity index (χ0) is 16.0. The van der Waals surface area contributed by atoms with E-state index in [0.29, 0.717) is 22.7 Å². The van der Waals surface area contributed by atoms with Gasteiger partial charge in [0.2, 0.25) is 0 Å². The van der Waals surface area contributed by atoms with E-state index in [9.17, 15) is 9.59 Å². The van der Waals surface area contributed by atoms with Crippen LogP contribution in [0, 0.1) is 11.3 Å². The number of halogens is 1. The largest absolute Gasteiger partial charge is 0.481 e. The molecule has 2 amide bonds. The molecule has 0 aliphatic rings. The van der Waals surface area contributed by atoms with Crippen molar-refractivity contribution in [3.8, 4) is 6.07 Å². The van der Waals surface area contributed by atoms with E-state index in [1.165, 1.54) is 12.1 Å². The summed E-state index contributed by atoms with van der Waals surface area (Å²) in [5, 5.41) is 23.0. The number of carboxylic acids is 1. The Bertz CT molecular complexity index is 594. The number of hydrogen-bond acceptors (Lipinski definition) is 3. The maximum absolute atomic E-state index is 11.9. The van der Waals surface area contributed by atoms with Gasteiger partial charge in [-0.3, -0.25) is 4.79 Å². The van der Waals surface area contributed by atoms with E-state index >= 15 is 0 Å². The van der Waals surface area contributed by atoms with Crippen LogP contribution in [0.15, 0.2) is 18.2 Å². The van der Waals surface area contributed by atoms with E-state index in [1.54, 1.807) is 19.9 Å². The number of benzene rings is 1.